The summed E-state index contributed by atoms with van der Waals surface area (Å²) in [6, 6.07) is 8.93. The predicted molar refractivity (Wildman–Crippen MR) is 76.6 cm³/mol. The number of para-hydroxylation sites is 1. The molecule has 0 bridgehead atoms. The largest absolute Gasteiger partial charge is 0.444 e. The summed E-state index contributed by atoms with van der Waals surface area (Å²) in [6.45, 7) is 5.97. The summed E-state index contributed by atoms with van der Waals surface area (Å²) < 4.78 is 5.17. The van der Waals surface area contributed by atoms with Gasteiger partial charge in [-0.1, -0.05) is 18.2 Å². The van der Waals surface area contributed by atoms with Gasteiger partial charge in [-0.25, -0.2) is 4.79 Å². The fraction of sp³-hybridized carbons (Fsp3) is 0.467. The van der Waals surface area contributed by atoms with Gasteiger partial charge in [0.1, 0.15) is 11.6 Å². The summed E-state index contributed by atoms with van der Waals surface area (Å²) in [6.07, 6.45) is 0.0400. The molecule has 2 amide bonds. The normalized spacial score (nSPS) is 19.1. The number of ether oxygens (including phenoxy) is 1. The van der Waals surface area contributed by atoms with Gasteiger partial charge in [0.05, 0.1) is 0 Å². The predicted octanol–water partition coefficient (Wildman–Crippen LogP) is 2.32. The highest BCUT2D eigenvalue weighted by Gasteiger charge is 2.34. The van der Waals surface area contributed by atoms with Crippen LogP contribution in [-0.4, -0.2) is 30.2 Å². The molecule has 0 radical (unpaired) electrons. The number of nitrogens with one attached hydrogen (secondary N) is 1. The fourth-order valence-electron chi connectivity index (χ4n) is 2.13. The molecule has 0 aliphatic carbocycles. The molecular weight excluding hydrogens is 256 g/mol. The molecular formula is C15H20N2O3. The molecule has 1 atom stereocenters. The summed E-state index contributed by atoms with van der Waals surface area (Å²) >= 11 is 0. The van der Waals surface area contributed by atoms with Gasteiger partial charge in [-0.05, 0) is 39.3 Å². The van der Waals surface area contributed by atoms with Gasteiger partial charge in [-0.3, -0.25) is 4.79 Å². The molecule has 1 aromatic rings. The Kier molecular flexibility index (Phi) is 3.97. The van der Waals surface area contributed by atoms with Crippen molar-refractivity contribution in [3.63, 3.8) is 0 Å². The molecule has 1 heterocycles. The Bertz CT molecular complexity index is 494. The molecule has 1 aliphatic rings. The van der Waals surface area contributed by atoms with Crippen LogP contribution in [0, 0.1) is 0 Å². The molecule has 0 aromatic heterocycles. The number of amides is 2. The minimum absolute atomic E-state index is 0.0953. The monoisotopic (exact) mass is 276 g/mol. The van der Waals surface area contributed by atoms with Gasteiger partial charge in [-0.15, -0.1) is 0 Å². The van der Waals surface area contributed by atoms with Crippen molar-refractivity contribution in [2.75, 3.05) is 11.4 Å². The topological polar surface area (TPSA) is 58.6 Å². The highest BCUT2D eigenvalue weighted by molar-refractivity contribution is 6.00. The van der Waals surface area contributed by atoms with Gasteiger partial charge in [0.25, 0.3) is 0 Å². The lowest BCUT2D eigenvalue weighted by Gasteiger charge is -2.21. The van der Waals surface area contributed by atoms with Crippen molar-refractivity contribution in [3.8, 4) is 0 Å². The number of alkyl carbamates (subject to hydrolysis) is 1. The van der Waals surface area contributed by atoms with Crippen LogP contribution in [0.2, 0.25) is 0 Å². The second kappa shape index (κ2) is 5.53. The van der Waals surface area contributed by atoms with Crippen LogP contribution in [0.4, 0.5) is 10.5 Å². The van der Waals surface area contributed by atoms with Crippen molar-refractivity contribution in [1.82, 2.24) is 5.32 Å². The molecule has 1 N–H and O–H groups in total. The summed E-state index contributed by atoms with van der Waals surface area (Å²) in [5.41, 5.74) is 0.288. The number of rotatable bonds is 2. The Morgan fingerprint density at radius 3 is 2.55 bits per heavy atom. The number of anilines is 1. The lowest BCUT2D eigenvalue weighted by Crippen LogP contribution is -2.43. The molecule has 20 heavy (non-hydrogen) atoms. The highest BCUT2D eigenvalue weighted by atomic mass is 16.6. The standard InChI is InChI=1S/C15H20N2O3/c1-15(2,3)20-14(19)16-12-9-10-17(13(12)18)11-7-5-4-6-8-11/h4-8,12H,9-10H2,1-3H3,(H,16,19)/t12-/m0/s1. The first kappa shape index (κ1) is 14.4. The smallest absolute Gasteiger partial charge is 0.408 e. The summed E-state index contributed by atoms with van der Waals surface area (Å²) in [4.78, 5) is 25.6. The van der Waals surface area contributed by atoms with E-state index in [1.54, 1.807) is 25.7 Å². The maximum Gasteiger partial charge on any atom is 0.408 e. The highest BCUT2D eigenvalue weighted by Crippen LogP contribution is 2.21. The van der Waals surface area contributed by atoms with Gasteiger partial charge in [0.2, 0.25) is 5.91 Å². The molecule has 5 heteroatoms. The molecule has 0 unspecified atom stereocenters. The van der Waals surface area contributed by atoms with Crippen LogP contribution >= 0.6 is 0 Å². The second-order valence-electron chi connectivity index (χ2n) is 5.81. The van der Waals surface area contributed by atoms with E-state index in [-0.39, 0.29) is 5.91 Å². The number of benzene rings is 1. The van der Waals surface area contributed by atoms with Crippen LogP contribution in [0.1, 0.15) is 27.2 Å². The van der Waals surface area contributed by atoms with E-state index >= 15 is 0 Å². The third-order valence-electron chi connectivity index (χ3n) is 2.96. The molecule has 0 saturated carbocycles. The van der Waals surface area contributed by atoms with Gasteiger partial charge < -0.3 is 15.0 Å². The molecule has 1 saturated heterocycles. The number of nitrogens with zero attached hydrogens (tertiary/aromatic N) is 1. The van der Waals surface area contributed by atoms with Gasteiger partial charge in [0, 0.05) is 12.2 Å². The van der Waals surface area contributed by atoms with E-state index in [1.165, 1.54) is 0 Å². The molecule has 1 fully saturated rings. The quantitative estimate of drug-likeness (QED) is 0.901. The molecule has 2 rings (SSSR count). The van der Waals surface area contributed by atoms with Crippen molar-refractivity contribution < 1.29 is 14.3 Å². The number of hydrogen-bond acceptors (Lipinski definition) is 3. The van der Waals surface area contributed by atoms with Crippen molar-refractivity contribution in [1.29, 1.82) is 0 Å². The lowest BCUT2D eigenvalue weighted by atomic mass is 10.2. The summed E-state index contributed by atoms with van der Waals surface area (Å²) in [7, 11) is 0. The van der Waals surface area contributed by atoms with Crippen molar-refractivity contribution in [2.24, 2.45) is 0 Å². The van der Waals surface area contributed by atoms with Crippen LogP contribution in [0.25, 0.3) is 0 Å². The number of hydrogen-bond donors (Lipinski definition) is 1. The maximum atomic E-state index is 12.3. The van der Waals surface area contributed by atoms with Gasteiger partial charge >= 0.3 is 6.09 Å². The molecule has 1 aliphatic heterocycles. The average Bonchev–Trinajstić information content (AvgIpc) is 2.70. The Balaban J connectivity index is 1.97. The fourth-order valence-corrected chi connectivity index (χ4v) is 2.13. The van der Waals surface area contributed by atoms with Crippen LogP contribution in [0.5, 0.6) is 0 Å². The molecule has 108 valence electrons. The number of carbonyl (C=O) groups is 2. The van der Waals surface area contributed by atoms with Crippen LogP contribution in [0.3, 0.4) is 0 Å². The molecule has 5 nitrogen and oxygen atoms in total. The SMILES string of the molecule is CC(C)(C)OC(=O)N[C@H]1CCN(c2ccccc2)C1=O. The summed E-state index contributed by atoms with van der Waals surface area (Å²) in [5.74, 6) is -0.0953. The van der Waals surface area contributed by atoms with E-state index in [0.717, 1.165) is 5.69 Å². The number of carbonyl (C=O) groups excluding carboxylic acids is 2. The maximum absolute atomic E-state index is 12.3. The van der Waals surface area contributed by atoms with Crippen molar-refractivity contribution >= 4 is 17.7 Å². The molecule has 1 aromatic carbocycles. The van der Waals surface area contributed by atoms with E-state index in [0.29, 0.717) is 13.0 Å². The minimum atomic E-state index is -0.565. The van der Waals surface area contributed by atoms with Crippen molar-refractivity contribution in [3.05, 3.63) is 30.3 Å². The molecule has 0 spiro atoms. The van der Waals surface area contributed by atoms with Crippen molar-refractivity contribution in [2.45, 2.75) is 38.8 Å². The van der Waals surface area contributed by atoms with Crippen LogP contribution in [0.15, 0.2) is 30.3 Å². The third kappa shape index (κ3) is 3.50. The first-order chi connectivity index (χ1) is 9.37. The van der Waals surface area contributed by atoms with E-state index < -0.39 is 17.7 Å². The Labute approximate surface area is 118 Å². The van der Waals surface area contributed by atoms with E-state index in [2.05, 4.69) is 5.32 Å². The van der Waals surface area contributed by atoms with Gasteiger partial charge in [-0.2, -0.15) is 0 Å². The lowest BCUT2D eigenvalue weighted by molar-refractivity contribution is -0.118. The zero-order chi connectivity index (χ0) is 14.8. The average molecular weight is 276 g/mol. The van der Waals surface area contributed by atoms with E-state index in [4.69, 9.17) is 4.74 Å². The Hall–Kier alpha value is -2.04. The first-order valence-electron chi connectivity index (χ1n) is 6.73. The minimum Gasteiger partial charge on any atom is -0.444 e. The zero-order valence-corrected chi connectivity index (χ0v) is 12.1. The Morgan fingerprint density at radius 1 is 1.30 bits per heavy atom. The Morgan fingerprint density at radius 2 is 1.95 bits per heavy atom. The van der Waals surface area contributed by atoms with Gasteiger partial charge in [0.15, 0.2) is 0 Å². The first-order valence-corrected chi connectivity index (χ1v) is 6.73. The van der Waals surface area contributed by atoms with E-state index in [9.17, 15) is 9.59 Å². The summed E-state index contributed by atoms with van der Waals surface area (Å²) in [5, 5.41) is 2.63. The second-order valence-corrected chi connectivity index (χ2v) is 5.81. The van der Waals surface area contributed by atoms with Crippen LogP contribution in [-0.2, 0) is 9.53 Å². The zero-order valence-electron chi connectivity index (χ0n) is 12.1. The van der Waals surface area contributed by atoms with Crippen LogP contribution < -0.4 is 10.2 Å². The third-order valence-corrected chi connectivity index (χ3v) is 2.96. The van der Waals surface area contributed by atoms with E-state index in [1.807, 2.05) is 30.3 Å².